The van der Waals surface area contributed by atoms with Crippen LogP contribution in [0.3, 0.4) is 0 Å². The summed E-state index contributed by atoms with van der Waals surface area (Å²) in [4.78, 5) is 10.2. The van der Waals surface area contributed by atoms with Gasteiger partial charge in [-0.2, -0.15) is 0 Å². The molecule has 0 aliphatic heterocycles. The molecule has 166 valence electrons. The Kier molecular flexibility index (Phi) is 13.5. The summed E-state index contributed by atoms with van der Waals surface area (Å²) >= 11 is 0. The van der Waals surface area contributed by atoms with Crippen molar-refractivity contribution in [1.82, 2.24) is 0 Å². The number of hydrogen-bond donors (Lipinski definition) is 0. The fourth-order valence-corrected chi connectivity index (χ4v) is 3.62. The van der Waals surface area contributed by atoms with Gasteiger partial charge in [-0.1, -0.05) is 70.2 Å². The fraction of sp³-hybridized carbons (Fsp3) is 0.481. The molecule has 2 aromatic carbocycles. The van der Waals surface area contributed by atoms with Gasteiger partial charge in [-0.05, 0) is 74.9 Å². The maximum absolute atomic E-state index is 5.14. The van der Waals surface area contributed by atoms with Crippen LogP contribution < -0.4 is 0 Å². The summed E-state index contributed by atoms with van der Waals surface area (Å²) in [5.41, 5.74) is 6.96. The Hall–Kier alpha value is -1.56. The van der Waals surface area contributed by atoms with E-state index in [0.717, 1.165) is 24.2 Å². The number of aryl methyl sites for hydroxylation is 2. The van der Waals surface area contributed by atoms with Crippen molar-refractivity contribution in [3.63, 3.8) is 0 Å². The first-order chi connectivity index (χ1) is 14.1. The molecule has 30 heavy (non-hydrogen) atoms. The van der Waals surface area contributed by atoms with E-state index >= 15 is 0 Å². The molecule has 3 heteroatoms. The summed E-state index contributed by atoms with van der Waals surface area (Å²) in [6.45, 7) is 8.81. The Balaban J connectivity index is 0.00000450. The van der Waals surface area contributed by atoms with Crippen LogP contribution in [0, 0.1) is 13.8 Å². The monoisotopic (exact) mass is 496 g/mol. The Morgan fingerprint density at radius 1 is 0.633 bits per heavy atom. The van der Waals surface area contributed by atoms with Crippen molar-refractivity contribution in [3.8, 4) is 0 Å². The van der Waals surface area contributed by atoms with Gasteiger partial charge in [-0.25, -0.2) is 0 Å². The molecule has 0 bridgehead atoms. The average molecular weight is 497 g/mol. The molecule has 0 radical (unpaired) electrons. The summed E-state index contributed by atoms with van der Waals surface area (Å²) < 4.78 is 0. The summed E-state index contributed by atoms with van der Waals surface area (Å²) in [6, 6.07) is 16.9. The third-order valence-corrected chi connectivity index (χ3v) is 5.11. The van der Waals surface area contributed by atoms with Gasteiger partial charge in [0.05, 0.1) is 22.8 Å². The third kappa shape index (κ3) is 9.97. The van der Waals surface area contributed by atoms with Crippen LogP contribution in [0.1, 0.15) is 82.8 Å². The molecule has 0 aromatic heterocycles. The molecular formula is C27H38N2Pd. The molecule has 0 aliphatic carbocycles. The average Bonchev–Trinajstić information content (AvgIpc) is 2.70. The molecule has 2 nitrogen and oxygen atoms in total. The van der Waals surface area contributed by atoms with Crippen molar-refractivity contribution < 1.29 is 20.4 Å². The number of benzene rings is 2. The number of unbranched alkanes of at least 4 members (excludes halogenated alkanes) is 5. The summed E-state index contributed by atoms with van der Waals surface area (Å²) in [5, 5.41) is 0. The van der Waals surface area contributed by atoms with Crippen molar-refractivity contribution in [1.29, 1.82) is 0 Å². The maximum Gasteiger partial charge on any atom is 0.0639 e. The Morgan fingerprint density at radius 3 is 1.70 bits per heavy atom. The van der Waals surface area contributed by atoms with E-state index in [1.165, 1.54) is 67.5 Å². The Morgan fingerprint density at radius 2 is 1.13 bits per heavy atom. The van der Waals surface area contributed by atoms with E-state index in [1.807, 2.05) is 6.07 Å². The second kappa shape index (κ2) is 15.3. The molecule has 0 fully saturated rings. The van der Waals surface area contributed by atoms with Gasteiger partial charge in [-0.3, -0.25) is 9.98 Å². The van der Waals surface area contributed by atoms with E-state index < -0.39 is 0 Å². The Labute approximate surface area is 198 Å². The first kappa shape index (κ1) is 26.5. The van der Waals surface area contributed by atoms with Crippen LogP contribution in [-0.4, -0.2) is 11.4 Å². The Bertz CT molecular complexity index is 774. The topological polar surface area (TPSA) is 24.7 Å². The molecular weight excluding hydrogens is 459 g/mol. The predicted octanol–water partition coefficient (Wildman–Crippen LogP) is 8.70. The van der Waals surface area contributed by atoms with Crippen molar-refractivity contribution >= 4 is 22.8 Å². The van der Waals surface area contributed by atoms with E-state index in [-0.39, 0.29) is 20.4 Å². The van der Waals surface area contributed by atoms with Gasteiger partial charge >= 0.3 is 0 Å². The SMILES string of the molecule is CCCCCCC(=N\c1cc(C)cc(C)c1)/C(CCCCC)=N/c1ccccc1.[Pd]. The minimum Gasteiger partial charge on any atom is -0.252 e. The van der Waals surface area contributed by atoms with Gasteiger partial charge < -0.3 is 0 Å². The van der Waals surface area contributed by atoms with Gasteiger partial charge in [0, 0.05) is 20.4 Å². The molecule has 0 heterocycles. The van der Waals surface area contributed by atoms with Crippen molar-refractivity contribution in [2.24, 2.45) is 9.98 Å². The van der Waals surface area contributed by atoms with Gasteiger partial charge in [0.1, 0.15) is 0 Å². The van der Waals surface area contributed by atoms with E-state index in [4.69, 9.17) is 9.98 Å². The van der Waals surface area contributed by atoms with Crippen LogP contribution in [0.4, 0.5) is 11.4 Å². The van der Waals surface area contributed by atoms with E-state index in [1.54, 1.807) is 0 Å². The van der Waals surface area contributed by atoms with E-state index in [2.05, 4.69) is 70.2 Å². The normalized spacial score (nSPS) is 12.0. The molecule has 2 rings (SSSR count). The van der Waals surface area contributed by atoms with Crippen molar-refractivity contribution in [2.75, 3.05) is 0 Å². The number of para-hydroxylation sites is 1. The van der Waals surface area contributed by atoms with Crippen LogP contribution >= 0.6 is 0 Å². The second-order valence-corrected chi connectivity index (χ2v) is 8.07. The first-order valence-corrected chi connectivity index (χ1v) is 11.4. The minimum absolute atomic E-state index is 0. The molecule has 0 N–H and O–H groups in total. The largest absolute Gasteiger partial charge is 0.252 e. The van der Waals surface area contributed by atoms with Gasteiger partial charge in [0.15, 0.2) is 0 Å². The van der Waals surface area contributed by atoms with Crippen LogP contribution in [-0.2, 0) is 20.4 Å². The molecule has 0 spiro atoms. The van der Waals surface area contributed by atoms with E-state index in [9.17, 15) is 0 Å². The number of rotatable bonds is 12. The molecule has 0 unspecified atom stereocenters. The van der Waals surface area contributed by atoms with Crippen molar-refractivity contribution in [3.05, 3.63) is 59.7 Å². The third-order valence-electron chi connectivity index (χ3n) is 5.11. The standard InChI is InChI=1S/C27H38N2.Pd/c1-5-7-9-14-18-27(29-25-20-22(3)19-23(4)21-25)26(17-11-8-6-2)28-24-15-12-10-13-16-24;/h10,12-13,15-16,19-21H,5-9,11,14,17-18H2,1-4H3;/b28-26+,29-27+;. The van der Waals surface area contributed by atoms with Gasteiger partial charge in [0.2, 0.25) is 0 Å². The number of hydrogen-bond acceptors (Lipinski definition) is 2. The van der Waals surface area contributed by atoms with Crippen LogP contribution in [0.5, 0.6) is 0 Å². The number of aliphatic imine (C=N–C) groups is 2. The van der Waals surface area contributed by atoms with Crippen molar-refractivity contribution in [2.45, 2.75) is 85.5 Å². The van der Waals surface area contributed by atoms with E-state index in [0.29, 0.717) is 0 Å². The summed E-state index contributed by atoms with van der Waals surface area (Å²) in [7, 11) is 0. The molecule has 0 saturated heterocycles. The quantitative estimate of drug-likeness (QED) is 0.159. The smallest absolute Gasteiger partial charge is 0.0639 e. The van der Waals surface area contributed by atoms with Gasteiger partial charge in [0.25, 0.3) is 0 Å². The van der Waals surface area contributed by atoms with Crippen LogP contribution in [0.15, 0.2) is 58.5 Å². The van der Waals surface area contributed by atoms with Gasteiger partial charge in [-0.15, -0.1) is 0 Å². The minimum atomic E-state index is 0. The number of nitrogens with zero attached hydrogens (tertiary/aromatic N) is 2. The zero-order chi connectivity index (χ0) is 20.9. The zero-order valence-corrected chi connectivity index (χ0v) is 20.7. The van der Waals surface area contributed by atoms with Crippen LogP contribution in [0.2, 0.25) is 0 Å². The van der Waals surface area contributed by atoms with Crippen LogP contribution in [0.25, 0.3) is 0 Å². The summed E-state index contributed by atoms with van der Waals surface area (Å²) in [5.74, 6) is 0. The first-order valence-electron chi connectivity index (χ1n) is 11.4. The molecule has 0 aliphatic rings. The predicted molar refractivity (Wildman–Crippen MR) is 129 cm³/mol. The molecule has 0 atom stereocenters. The molecule has 0 amide bonds. The molecule has 0 saturated carbocycles. The maximum atomic E-state index is 5.14. The molecule has 2 aromatic rings. The summed E-state index contributed by atoms with van der Waals surface area (Å²) in [6.07, 6.45) is 10.6. The second-order valence-electron chi connectivity index (χ2n) is 8.07. The fourth-order valence-electron chi connectivity index (χ4n) is 3.62. The zero-order valence-electron chi connectivity index (χ0n) is 19.2.